The number of aromatic nitrogens is 2. The van der Waals surface area contributed by atoms with Gasteiger partial charge in [0.05, 0.1) is 31.3 Å². The minimum absolute atomic E-state index is 0. The van der Waals surface area contributed by atoms with E-state index in [1.54, 1.807) is 38.7 Å². The van der Waals surface area contributed by atoms with Crippen molar-refractivity contribution in [1.29, 1.82) is 0 Å². The first-order valence-electron chi connectivity index (χ1n) is 39.9. The maximum absolute atomic E-state index is 9.32. The van der Waals surface area contributed by atoms with Crippen molar-refractivity contribution in [2.75, 3.05) is 28.9 Å². The summed E-state index contributed by atoms with van der Waals surface area (Å²) in [4.78, 5) is 15.8. The number of pyridine rings is 2. The summed E-state index contributed by atoms with van der Waals surface area (Å²) < 4.78 is 13.0. The molecular weight excluding hydrogens is 1660 g/mol. The number of nitrogens with zero attached hydrogens (tertiary/aromatic N) is 5. The quantitative estimate of drug-likeness (QED) is 0.0525. The van der Waals surface area contributed by atoms with Crippen LogP contribution in [-0.4, -0.2) is 41.4 Å². The van der Waals surface area contributed by atoms with E-state index in [2.05, 4.69) is 423 Å². The van der Waals surface area contributed by atoms with Gasteiger partial charge in [0.2, 0.25) is 0 Å². The fourth-order valence-corrected chi connectivity index (χ4v) is 15.6. The molecule has 0 saturated carbocycles. The zero-order valence-electron chi connectivity index (χ0n) is 67.8. The first-order valence-corrected chi connectivity index (χ1v) is 41.8. The summed E-state index contributed by atoms with van der Waals surface area (Å²) in [5.41, 5.74) is 21.6. The van der Waals surface area contributed by atoms with Gasteiger partial charge in [-0.2, -0.15) is 6.42 Å². The number of ether oxygens (including phenoxy) is 2. The van der Waals surface area contributed by atoms with Gasteiger partial charge in [-0.1, -0.05) is 302 Å². The molecule has 9 nitrogen and oxygen atoms in total. The first kappa shape index (κ1) is 84.6. The molecule has 2 N–H and O–H groups in total. The van der Waals surface area contributed by atoms with Gasteiger partial charge < -0.3 is 41.1 Å². The third kappa shape index (κ3) is 20.0. The molecule has 0 radical (unpaired) electrons. The molecule has 0 fully saturated rings. The van der Waals surface area contributed by atoms with Gasteiger partial charge in [0.1, 0.15) is 22.5 Å². The first-order chi connectivity index (χ1) is 59.0. The topological polar surface area (TPSA) is 94.4 Å². The molecule has 0 aliphatic heterocycles. The molecule has 19 aromatic rings. The molecule has 0 atom stereocenters. The van der Waals surface area contributed by atoms with Gasteiger partial charge in [-0.25, -0.2) is 0 Å². The van der Waals surface area contributed by atoms with Crippen LogP contribution >= 0.6 is 38.5 Å². The molecule has 0 spiro atoms. The van der Waals surface area contributed by atoms with Gasteiger partial charge >= 0.3 is 26.0 Å². The van der Waals surface area contributed by atoms with E-state index in [0.717, 1.165) is 112 Å². The monoisotopic (exact) mass is 1740 g/mol. The Labute approximate surface area is 743 Å². The van der Waals surface area contributed by atoms with E-state index in [0.29, 0.717) is 5.46 Å². The summed E-state index contributed by atoms with van der Waals surface area (Å²) in [6.45, 7) is 5.72. The van der Waals surface area contributed by atoms with Crippen molar-refractivity contribution in [2.45, 2.75) is 19.8 Å². The molecule has 586 valence electrons. The van der Waals surface area contributed by atoms with E-state index < -0.39 is 7.12 Å². The summed E-state index contributed by atoms with van der Waals surface area (Å²) in [5.74, 6) is 1.59. The molecule has 0 amide bonds. The summed E-state index contributed by atoms with van der Waals surface area (Å²) in [5, 5.41) is 28.1. The minimum atomic E-state index is -1.45. The van der Waals surface area contributed by atoms with Crippen LogP contribution in [0.3, 0.4) is 0 Å². The zero-order chi connectivity index (χ0) is 82.5. The number of fused-ring (bicyclic) bond motifs is 5. The Bertz CT molecular complexity index is 6570. The van der Waals surface area contributed by atoms with Crippen molar-refractivity contribution in [1.82, 2.24) is 9.97 Å². The smallest absolute Gasteiger partial charge is 0.494 e. The zero-order valence-corrected chi connectivity index (χ0v) is 71.6. The Hall–Kier alpha value is -12.9. The number of rotatable bonds is 17. The number of anilines is 9. The van der Waals surface area contributed by atoms with Gasteiger partial charge in [-0.05, 0) is 228 Å². The molecule has 121 heavy (non-hydrogen) atoms. The number of methoxy groups -OCH3 is 2. The molecule has 19 rings (SSSR count). The van der Waals surface area contributed by atoms with Crippen LogP contribution in [0.25, 0.3) is 98.6 Å². The van der Waals surface area contributed by atoms with Crippen LogP contribution in [0.15, 0.2) is 429 Å². The predicted octanol–water partition coefficient (Wildman–Crippen LogP) is 26.1. The molecule has 0 bridgehead atoms. The van der Waals surface area contributed by atoms with Crippen LogP contribution in [0.2, 0.25) is 0 Å². The Morgan fingerprint density at radius 3 is 0.975 bits per heavy atom. The average Bonchev–Trinajstić information content (AvgIpc) is 0.783. The van der Waals surface area contributed by atoms with Crippen molar-refractivity contribution in [3.8, 4) is 56.0 Å². The second kappa shape index (κ2) is 41.2. The van der Waals surface area contributed by atoms with E-state index in [1.165, 1.54) is 70.2 Å². The van der Waals surface area contributed by atoms with E-state index >= 15 is 0 Å². The van der Waals surface area contributed by atoms with Crippen LogP contribution in [0.5, 0.6) is 11.5 Å². The summed E-state index contributed by atoms with van der Waals surface area (Å²) in [7, 11) is 1.88. The Morgan fingerprint density at radius 1 is 0.322 bits per heavy atom. The summed E-state index contributed by atoms with van der Waals surface area (Å²) in [6, 6.07) is 143. The van der Waals surface area contributed by atoms with E-state index in [-0.39, 0.29) is 18.9 Å². The Balaban J connectivity index is 0.000000136. The predicted molar refractivity (Wildman–Crippen MR) is 518 cm³/mol. The molecule has 17 aromatic carbocycles. The summed E-state index contributed by atoms with van der Waals surface area (Å²) >= 11 is 5.81. The molecule has 0 unspecified atom stereocenters. The van der Waals surface area contributed by atoms with Crippen LogP contribution < -0.4 is 48.5 Å². The fourth-order valence-electron chi connectivity index (χ4n) is 14.8. The molecule has 0 aliphatic rings. The largest absolute Gasteiger partial charge is 1.00 e. The standard InChI is InChI=1S/C38H28N2O.C28H22BNO2.C28H20IN.C10H8BrNO.C4H9.Li/c1-41-37-25-24-33(35-14-8-26-39-38(35)37)30-18-16-27(17-19-30)28-20-22-32(23-21-28)40(31-11-3-2-4-12-31)36-15-7-10-29-9-5-6-13-34(29)36;31-29(32)24-17-13-21(14-18-24)22-15-19-26(20-16-22)30(25-9-2-1-3-10-25)28-12-6-8-23-7-4-5-11-27(23)28;29-24-17-13-21(14-18-24)22-15-19-26(20-16-22)30(25-9-2-1-3-10-25)28-12-6-8-23-7-4-5-11-27(23)28;1-13-9-5-4-8(11)7-3-2-6-12-10(7)9;1-3-4-2;/h2-26H,1H3;1-20,31-32H;1-20H;2-6H,1H3;1,3-4H2,2H3;/q;;;;-1;+1. The number of para-hydroxylation sites is 3. The third-order valence-corrected chi connectivity index (χ3v) is 22.3. The molecule has 13 heteroatoms. The van der Waals surface area contributed by atoms with Gasteiger partial charge in [0.25, 0.3) is 0 Å². The molecule has 2 aromatic heterocycles. The van der Waals surface area contributed by atoms with Crippen molar-refractivity contribution in [2.24, 2.45) is 0 Å². The van der Waals surface area contributed by atoms with Gasteiger partial charge in [0.15, 0.2) is 0 Å². The Kier molecular flexibility index (Phi) is 28.8. The van der Waals surface area contributed by atoms with Crippen LogP contribution in [0.1, 0.15) is 19.8 Å². The van der Waals surface area contributed by atoms with Crippen LogP contribution in [0.4, 0.5) is 51.2 Å². The third-order valence-electron chi connectivity index (χ3n) is 20.9. The number of hydrogen-bond acceptors (Lipinski definition) is 9. The van der Waals surface area contributed by atoms with E-state index in [1.807, 2.05) is 54.6 Å². The maximum Gasteiger partial charge on any atom is 1.00 e. The van der Waals surface area contributed by atoms with Crippen molar-refractivity contribution in [3.63, 3.8) is 0 Å². The second-order valence-corrected chi connectivity index (χ2v) is 30.5. The SMILES string of the molecule is COc1ccc(-c2ccc(-c3ccc(N(c4ccccc4)c4cccc5ccccc45)cc3)cc2)c2cccnc12.COc1ccc(Br)c2cccnc12.Ic1ccc(-c2ccc(N(c3ccccc3)c3cccc4ccccc34)cc2)cc1.OB(O)c1ccc(-c2ccc(N(c3ccccc3)c3cccc4ccccc34)cc2)cc1.[CH2-]CCC.[Li+]. The molecule has 2 heterocycles. The van der Waals surface area contributed by atoms with Crippen molar-refractivity contribution in [3.05, 3.63) is 440 Å². The normalized spacial score (nSPS) is 10.6. The number of hydrogen-bond donors (Lipinski definition) is 2. The van der Waals surface area contributed by atoms with Crippen molar-refractivity contribution >= 4 is 156 Å². The van der Waals surface area contributed by atoms with Crippen LogP contribution in [0, 0.1) is 10.5 Å². The minimum Gasteiger partial charge on any atom is -0.494 e. The Morgan fingerprint density at radius 2 is 0.612 bits per heavy atom. The summed E-state index contributed by atoms with van der Waals surface area (Å²) in [6.07, 6.45) is 5.85. The second-order valence-electron chi connectivity index (χ2n) is 28.4. The number of halogens is 2. The van der Waals surface area contributed by atoms with E-state index in [4.69, 9.17) is 9.47 Å². The average molecular weight is 1740 g/mol. The molecule has 0 saturated heterocycles. The molecule has 0 aliphatic carbocycles. The van der Waals surface area contributed by atoms with E-state index in [9.17, 15) is 10.0 Å². The van der Waals surface area contributed by atoms with Gasteiger partial charge in [-0.15, -0.1) is 0 Å². The number of unbranched alkanes of at least 4 members (excludes halogenated alkanes) is 1. The van der Waals surface area contributed by atoms with Gasteiger partial charge in [-0.3, -0.25) is 9.97 Å². The van der Waals surface area contributed by atoms with Crippen LogP contribution in [-0.2, 0) is 0 Å². The number of benzene rings is 17. The van der Waals surface area contributed by atoms with Gasteiger partial charge in [0, 0.05) is 81.5 Å². The fraction of sp³-hybridized carbons (Fsp3) is 0.0463. The maximum atomic E-state index is 9.32. The molecular formula is C108H87BBrILiN5O4. The van der Waals surface area contributed by atoms with Crippen molar-refractivity contribution < 1.29 is 38.4 Å².